The van der Waals surface area contributed by atoms with Gasteiger partial charge in [0.25, 0.3) is 0 Å². The maximum absolute atomic E-state index is 13.1. The third kappa shape index (κ3) is 69.0. The quantitative estimate of drug-likeness (QED) is 0.0169. The van der Waals surface area contributed by atoms with Gasteiger partial charge in [-0.15, -0.1) is 0 Å². The Bertz CT molecular complexity index is 2110. The Labute approximate surface area is 583 Å². The molecule has 96 heavy (non-hydrogen) atoms. The van der Waals surface area contributed by atoms with Crippen LogP contribution in [0, 0.1) is 0 Å². The summed E-state index contributed by atoms with van der Waals surface area (Å²) in [5.41, 5.74) is 0. The van der Waals surface area contributed by atoms with Gasteiger partial charge in [0.05, 0.1) is 26.4 Å². The standard InChI is InChI=1S/C77H138O17P2/c1-5-9-13-17-21-25-29-32-34-35-37-40-43-46-50-54-58-62-75(80)87-67-72(93-76(81)63-59-55-51-47-41-28-24-20-16-12-8-4)69-91-95(83,84)89-65-71(78)66-90-96(85,86)92-70-73(94-77(82)64-60-56-52-48-44-38-31-27-23-19-15-11-7-3)68-88-74(79)61-57-53-49-45-42-39-36-33-30-26-22-18-14-10-6-2/h9,13,21,25,27,31-34,36-37,40,71-73,78H,5-8,10-12,14-20,22-24,26,28-30,35,38-39,41-70H2,1-4H3,(H,83,84)(H,85,86)/b13-9-,25-21-,31-27-,34-32-,36-33-,40-37-. The lowest BCUT2D eigenvalue weighted by Gasteiger charge is -2.21. The Morgan fingerprint density at radius 1 is 0.302 bits per heavy atom. The molecule has 0 saturated carbocycles. The Morgan fingerprint density at radius 3 is 0.854 bits per heavy atom. The highest BCUT2D eigenvalue weighted by Crippen LogP contribution is 2.45. The van der Waals surface area contributed by atoms with Crippen molar-refractivity contribution in [3.63, 3.8) is 0 Å². The van der Waals surface area contributed by atoms with Gasteiger partial charge in [-0.3, -0.25) is 37.3 Å². The van der Waals surface area contributed by atoms with Gasteiger partial charge < -0.3 is 33.8 Å². The molecule has 0 aromatic heterocycles. The van der Waals surface area contributed by atoms with Crippen LogP contribution < -0.4 is 0 Å². The molecule has 0 aromatic carbocycles. The number of ether oxygens (including phenoxy) is 4. The number of esters is 4. The zero-order valence-electron chi connectivity index (χ0n) is 60.8. The number of hydrogen-bond acceptors (Lipinski definition) is 15. The molecule has 0 saturated heterocycles. The Kier molecular flexibility index (Phi) is 67.4. The fourth-order valence-electron chi connectivity index (χ4n) is 10.3. The molecule has 0 rings (SSSR count). The highest BCUT2D eigenvalue weighted by atomic mass is 31.2. The van der Waals surface area contributed by atoms with Gasteiger partial charge in [0.2, 0.25) is 0 Å². The van der Waals surface area contributed by atoms with Gasteiger partial charge in [0, 0.05) is 25.7 Å². The zero-order valence-corrected chi connectivity index (χ0v) is 62.6. The molecule has 0 aliphatic heterocycles. The van der Waals surface area contributed by atoms with Crippen molar-refractivity contribution >= 4 is 39.5 Å². The molecule has 5 unspecified atom stereocenters. The van der Waals surface area contributed by atoms with Crippen LogP contribution in [0.2, 0.25) is 0 Å². The second-order valence-corrected chi connectivity index (χ2v) is 28.5. The van der Waals surface area contributed by atoms with Gasteiger partial charge in [-0.05, 0) is 116 Å². The van der Waals surface area contributed by atoms with E-state index in [4.69, 9.17) is 37.0 Å². The van der Waals surface area contributed by atoms with Gasteiger partial charge in [0.15, 0.2) is 12.2 Å². The second kappa shape index (κ2) is 70.0. The van der Waals surface area contributed by atoms with Crippen LogP contribution >= 0.6 is 15.6 Å². The van der Waals surface area contributed by atoms with Crippen molar-refractivity contribution in [1.82, 2.24) is 0 Å². The first-order valence-corrected chi connectivity index (χ1v) is 41.2. The van der Waals surface area contributed by atoms with E-state index in [9.17, 15) is 43.2 Å². The number of unbranched alkanes of at least 4 members (excludes halogenated alkanes) is 34. The van der Waals surface area contributed by atoms with Crippen LogP contribution in [-0.4, -0.2) is 96.7 Å². The van der Waals surface area contributed by atoms with Crippen molar-refractivity contribution in [3.05, 3.63) is 72.9 Å². The number of phosphoric acid groups is 2. The summed E-state index contributed by atoms with van der Waals surface area (Å²) < 4.78 is 68.4. The van der Waals surface area contributed by atoms with Crippen LogP contribution in [0.15, 0.2) is 72.9 Å². The number of phosphoric ester groups is 2. The molecular weight excluding hydrogens is 1260 g/mol. The monoisotopic (exact) mass is 1400 g/mol. The minimum Gasteiger partial charge on any atom is -0.462 e. The van der Waals surface area contributed by atoms with Crippen LogP contribution in [0.3, 0.4) is 0 Å². The zero-order chi connectivity index (χ0) is 70.4. The summed E-state index contributed by atoms with van der Waals surface area (Å²) in [6.45, 7) is 4.72. The van der Waals surface area contributed by atoms with Crippen molar-refractivity contribution in [3.8, 4) is 0 Å². The summed E-state index contributed by atoms with van der Waals surface area (Å²) in [6, 6.07) is 0. The minimum atomic E-state index is -4.97. The van der Waals surface area contributed by atoms with E-state index in [0.717, 1.165) is 154 Å². The lowest BCUT2D eigenvalue weighted by Crippen LogP contribution is -2.30. The summed E-state index contributed by atoms with van der Waals surface area (Å²) in [5, 5.41) is 10.6. The number of hydrogen-bond donors (Lipinski definition) is 3. The summed E-state index contributed by atoms with van der Waals surface area (Å²) in [6.07, 6.45) is 68.9. The maximum Gasteiger partial charge on any atom is 0.472 e. The first-order chi connectivity index (χ1) is 46.7. The largest absolute Gasteiger partial charge is 0.472 e. The van der Waals surface area contributed by atoms with Crippen molar-refractivity contribution < 1.29 is 80.2 Å². The third-order valence-corrected chi connectivity index (χ3v) is 18.1. The first kappa shape index (κ1) is 92.5. The molecular formula is C77H138O17P2. The van der Waals surface area contributed by atoms with E-state index in [1.54, 1.807) is 0 Å². The van der Waals surface area contributed by atoms with E-state index in [0.29, 0.717) is 25.7 Å². The number of allylic oxidation sites excluding steroid dienone is 12. The van der Waals surface area contributed by atoms with Crippen LogP contribution in [0.25, 0.3) is 0 Å². The van der Waals surface area contributed by atoms with Gasteiger partial charge in [-0.2, -0.15) is 0 Å². The summed E-state index contributed by atoms with van der Waals surface area (Å²) in [7, 11) is -9.94. The summed E-state index contributed by atoms with van der Waals surface area (Å²) in [4.78, 5) is 72.8. The lowest BCUT2D eigenvalue weighted by molar-refractivity contribution is -0.161. The fourth-order valence-corrected chi connectivity index (χ4v) is 11.9. The van der Waals surface area contributed by atoms with Gasteiger partial charge in [-0.25, -0.2) is 9.13 Å². The molecule has 0 fully saturated rings. The van der Waals surface area contributed by atoms with E-state index in [2.05, 4.69) is 101 Å². The SMILES string of the molecule is CC/C=C\C/C=C\C/C=C\C/C=C\CCCCCCC(=O)OCC(COP(=O)(O)OCC(O)COP(=O)(O)OCC(COC(=O)CCCCCCC/C=C\CCCCCCCC)OC(=O)CCCCCCC/C=C\CCCCCC)OC(=O)CCCCCCCCCCCCC. The van der Waals surface area contributed by atoms with Crippen LogP contribution in [0.5, 0.6) is 0 Å². The van der Waals surface area contributed by atoms with E-state index in [1.165, 1.54) is 103 Å². The number of carbonyl (C=O) groups excluding carboxylic acids is 4. The highest BCUT2D eigenvalue weighted by Gasteiger charge is 2.30. The second-order valence-electron chi connectivity index (χ2n) is 25.6. The molecule has 5 atom stereocenters. The number of rotatable bonds is 72. The van der Waals surface area contributed by atoms with Gasteiger partial charge >= 0.3 is 39.5 Å². The lowest BCUT2D eigenvalue weighted by atomic mass is 10.1. The topological polar surface area (TPSA) is 237 Å². The molecule has 0 heterocycles. The van der Waals surface area contributed by atoms with E-state index >= 15 is 0 Å². The molecule has 0 amide bonds. The Balaban J connectivity index is 5.32. The normalized spacial score (nSPS) is 14.4. The molecule has 0 radical (unpaired) electrons. The third-order valence-electron chi connectivity index (χ3n) is 16.2. The summed E-state index contributed by atoms with van der Waals surface area (Å²) in [5.74, 6) is -2.20. The van der Waals surface area contributed by atoms with Crippen LogP contribution in [0.4, 0.5) is 0 Å². The highest BCUT2D eigenvalue weighted by molar-refractivity contribution is 7.47. The Morgan fingerprint density at radius 2 is 0.542 bits per heavy atom. The molecule has 0 spiro atoms. The average Bonchev–Trinajstić information content (AvgIpc) is 1.13. The predicted molar refractivity (Wildman–Crippen MR) is 390 cm³/mol. The van der Waals surface area contributed by atoms with Gasteiger partial charge in [0.1, 0.15) is 19.3 Å². The van der Waals surface area contributed by atoms with E-state index < -0.39 is 97.5 Å². The van der Waals surface area contributed by atoms with Crippen molar-refractivity contribution in [2.75, 3.05) is 39.6 Å². The average molecular weight is 1400 g/mol. The van der Waals surface area contributed by atoms with Crippen LogP contribution in [-0.2, 0) is 65.4 Å². The Hall–Kier alpha value is -3.50. The molecule has 558 valence electrons. The van der Waals surface area contributed by atoms with Crippen molar-refractivity contribution in [2.24, 2.45) is 0 Å². The number of aliphatic hydroxyl groups excluding tert-OH is 1. The predicted octanol–water partition coefficient (Wildman–Crippen LogP) is 21.7. The smallest absolute Gasteiger partial charge is 0.462 e. The van der Waals surface area contributed by atoms with Crippen LogP contribution in [0.1, 0.15) is 336 Å². The van der Waals surface area contributed by atoms with Gasteiger partial charge in [-0.1, -0.05) is 268 Å². The molecule has 0 aliphatic rings. The number of aliphatic hydroxyl groups is 1. The molecule has 17 nitrogen and oxygen atoms in total. The van der Waals surface area contributed by atoms with E-state index in [-0.39, 0.29) is 25.7 Å². The molecule has 3 N–H and O–H groups in total. The first-order valence-electron chi connectivity index (χ1n) is 38.2. The van der Waals surface area contributed by atoms with Crippen molar-refractivity contribution in [2.45, 2.75) is 354 Å². The number of carbonyl (C=O) groups is 4. The molecule has 0 aromatic rings. The summed E-state index contributed by atoms with van der Waals surface area (Å²) >= 11 is 0. The molecule has 0 aliphatic carbocycles. The fraction of sp³-hybridized carbons (Fsp3) is 0.792. The van der Waals surface area contributed by atoms with E-state index in [1.807, 2.05) is 0 Å². The minimum absolute atomic E-state index is 0.0863. The molecule has 19 heteroatoms. The molecule has 0 bridgehead atoms. The maximum atomic E-state index is 13.1. The van der Waals surface area contributed by atoms with Crippen molar-refractivity contribution in [1.29, 1.82) is 0 Å².